The Morgan fingerprint density at radius 1 is 1.02 bits per heavy atom. The first-order valence-corrected chi connectivity index (χ1v) is 13.6. The topological polar surface area (TPSA) is 112 Å². The normalized spacial score (nSPS) is 15.5. The van der Waals surface area contributed by atoms with E-state index in [4.69, 9.17) is 4.74 Å². The summed E-state index contributed by atoms with van der Waals surface area (Å²) in [5.74, 6) is -0.155. The molecule has 0 aromatic heterocycles. The Morgan fingerprint density at radius 3 is 2.58 bits per heavy atom. The van der Waals surface area contributed by atoms with Crippen LogP contribution >= 0.6 is 11.8 Å². The van der Waals surface area contributed by atoms with Crippen molar-refractivity contribution in [3.8, 4) is 5.75 Å². The number of benzene rings is 3. The summed E-state index contributed by atoms with van der Waals surface area (Å²) < 4.78 is 18.4. The number of carbonyl (C=O) groups is 3. The van der Waals surface area contributed by atoms with Gasteiger partial charge in [-0.05, 0) is 48.4 Å². The third-order valence-corrected chi connectivity index (χ3v) is 7.25. The molecule has 0 saturated heterocycles. The zero-order valence-corrected chi connectivity index (χ0v) is 22.4. The lowest BCUT2D eigenvalue weighted by molar-refractivity contribution is -0.125. The SMILES string of the molecule is COc1ccccc1NC(=O)CSC1=Nc2ccccc2C2=N[C@@H](CCC(=O)NCc3ccc(F)cc3)C(=O)N12. The Balaban J connectivity index is 1.24. The van der Waals surface area contributed by atoms with Crippen LogP contribution in [0.3, 0.4) is 0 Å². The van der Waals surface area contributed by atoms with Gasteiger partial charge in [-0.3, -0.25) is 19.4 Å². The minimum Gasteiger partial charge on any atom is -0.495 e. The van der Waals surface area contributed by atoms with E-state index in [0.29, 0.717) is 33.7 Å². The number of fused-ring (bicyclic) bond motifs is 3. The van der Waals surface area contributed by atoms with Crippen molar-refractivity contribution >= 4 is 51.9 Å². The molecule has 2 heterocycles. The second kappa shape index (κ2) is 12.1. The van der Waals surface area contributed by atoms with Gasteiger partial charge in [-0.15, -0.1) is 0 Å². The van der Waals surface area contributed by atoms with E-state index < -0.39 is 6.04 Å². The molecule has 3 aromatic rings. The first kappa shape index (κ1) is 27.1. The average molecular weight is 560 g/mol. The number of rotatable bonds is 9. The molecular formula is C29H26FN5O4S. The third kappa shape index (κ3) is 6.04. The molecule has 0 spiro atoms. The Hall–Kier alpha value is -4.51. The van der Waals surface area contributed by atoms with Crippen LogP contribution in [0.5, 0.6) is 5.75 Å². The van der Waals surface area contributed by atoms with E-state index in [1.807, 2.05) is 30.3 Å². The Morgan fingerprint density at radius 2 is 1.77 bits per heavy atom. The van der Waals surface area contributed by atoms with E-state index in [-0.39, 0.29) is 48.7 Å². The Bertz CT molecular complexity index is 1510. The van der Waals surface area contributed by atoms with E-state index in [0.717, 1.165) is 17.3 Å². The van der Waals surface area contributed by atoms with Gasteiger partial charge in [0.2, 0.25) is 11.8 Å². The molecule has 11 heteroatoms. The van der Waals surface area contributed by atoms with Crippen molar-refractivity contribution in [1.82, 2.24) is 10.2 Å². The zero-order chi connectivity index (χ0) is 28.1. The van der Waals surface area contributed by atoms with Crippen LogP contribution in [0, 0.1) is 5.82 Å². The van der Waals surface area contributed by atoms with Crippen LogP contribution in [-0.2, 0) is 20.9 Å². The summed E-state index contributed by atoms with van der Waals surface area (Å²) in [5.41, 5.74) is 2.68. The highest BCUT2D eigenvalue weighted by molar-refractivity contribution is 8.14. The van der Waals surface area contributed by atoms with Crippen LogP contribution < -0.4 is 15.4 Å². The predicted molar refractivity (Wildman–Crippen MR) is 152 cm³/mol. The number of hydrogen-bond acceptors (Lipinski definition) is 7. The van der Waals surface area contributed by atoms with Crippen LogP contribution in [0.2, 0.25) is 0 Å². The molecule has 5 rings (SSSR count). The summed E-state index contributed by atoms with van der Waals surface area (Å²) in [4.78, 5) is 49.4. The largest absolute Gasteiger partial charge is 0.495 e. The summed E-state index contributed by atoms with van der Waals surface area (Å²) in [7, 11) is 1.53. The number of anilines is 1. The number of aliphatic imine (C=N–C) groups is 2. The summed E-state index contributed by atoms with van der Waals surface area (Å²) in [6.07, 6.45) is 0.299. The maximum absolute atomic E-state index is 13.4. The van der Waals surface area contributed by atoms with Crippen molar-refractivity contribution in [2.75, 3.05) is 18.2 Å². The molecule has 2 aliphatic rings. The minimum atomic E-state index is -0.758. The molecule has 9 nitrogen and oxygen atoms in total. The van der Waals surface area contributed by atoms with Crippen molar-refractivity contribution in [3.05, 3.63) is 89.7 Å². The molecule has 0 unspecified atom stereocenters. The van der Waals surface area contributed by atoms with Gasteiger partial charge < -0.3 is 15.4 Å². The van der Waals surface area contributed by atoms with Crippen molar-refractivity contribution in [1.29, 1.82) is 0 Å². The van der Waals surface area contributed by atoms with Gasteiger partial charge in [0.05, 0.1) is 24.2 Å². The predicted octanol–water partition coefficient (Wildman–Crippen LogP) is 4.26. The maximum Gasteiger partial charge on any atom is 0.259 e. The van der Waals surface area contributed by atoms with E-state index >= 15 is 0 Å². The number of para-hydroxylation sites is 3. The average Bonchev–Trinajstić information content (AvgIpc) is 3.31. The van der Waals surface area contributed by atoms with E-state index in [1.54, 1.807) is 30.3 Å². The smallest absolute Gasteiger partial charge is 0.259 e. The van der Waals surface area contributed by atoms with E-state index in [2.05, 4.69) is 20.6 Å². The first-order valence-electron chi connectivity index (χ1n) is 12.6. The molecule has 0 bridgehead atoms. The monoisotopic (exact) mass is 559 g/mol. The molecule has 2 aliphatic heterocycles. The molecule has 0 fully saturated rings. The highest BCUT2D eigenvalue weighted by Crippen LogP contribution is 2.34. The molecule has 0 aliphatic carbocycles. The number of halogens is 1. The lowest BCUT2D eigenvalue weighted by Gasteiger charge is -2.25. The second-order valence-corrected chi connectivity index (χ2v) is 9.98. The highest BCUT2D eigenvalue weighted by Gasteiger charge is 2.41. The summed E-state index contributed by atoms with van der Waals surface area (Å²) in [6.45, 7) is 0.260. The summed E-state index contributed by atoms with van der Waals surface area (Å²) in [6, 6.07) is 19.6. The summed E-state index contributed by atoms with van der Waals surface area (Å²) in [5, 5.41) is 5.96. The van der Waals surface area contributed by atoms with Crippen molar-refractivity contribution in [2.24, 2.45) is 9.98 Å². The second-order valence-electron chi connectivity index (χ2n) is 9.03. The zero-order valence-electron chi connectivity index (χ0n) is 21.6. The molecule has 2 N–H and O–H groups in total. The molecule has 0 radical (unpaired) electrons. The molecule has 1 atom stereocenters. The van der Waals surface area contributed by atoms with E-state index in [9.17, 15) is 18.8 Å². The van der Waals surface area contributed by atoms with Crippen LogP contribution in [0.4, 0.5) is 15.8 Å². The van der Waals surface area contributed by atoms with Gasteiger partial charge in [0.25, 0.3) is 5.91 Å². The van der Waals surface area contributed by atoms with Crippen molar-refractivity contribution in [3.63, 3.8) is 0 Å². The number of ether oxygens (including phenoxy) is 1. The van der Waals surface area contributed by atoms with Crippen molar-refractivity contribution < 1.29 is 23.5 Å². The Labute approximate surface area is 234 Å². The molecule has 0 saturated carbocycles. The number of nitrogens with one attached hydrogen (secondary N) is 2. The molecule has 40 heavy (non-hydrogen) atoms. The van der Waals surface area contributed by atoms with Gasteiger partial charge in [-0.1, -0.05) is 48.2 Å². The first-order chi connectivity index (χ1) is 19.4. The van der Waals surface area contributed by atoms with Crippen LogP contribution in [-0.4, -0.2) is 52.5 Å². The highest BCUT2D eigenvalue weighted by atomic mass is 32.2. The lowest BCUT2D eigenvalue weighted by atomic mass is 10.1. The molecule has 204 valence electrons. The minimum absolute atomic E-state index is 0.00651. The Kier molecular flexibility index (Phi) is 8.20. The number of amidine groups is 2. The maximum atomic E-state index is 13.4. The lowest BCUT2D eigenvalue weighted by Crippen LogP contribution is -2.41. The molecule has 3 aromatic carbocycles. The van der Waals surface area contributed by atoms with E-state index in [1.165, 1.54) is 24.1 Å². The van der Waals surface area contributed by atoms with Gasteiger partial charge in [0.1, 0.15) is 23.4 Å². The number of carbonyl (C=O) groups excluding carboxylic acids is 3. The number of amides is 3. The van der Waals surface area contributed by atoms with Gasteiger partial charge in [-0.2, -0.15) is 0 Å². The van der Waals surface area contributed by atoms with Crippen LogP contribution in [0.1, 0.15) is 24.0 Å². The fraction of sp³-hybridized carbons (Fsp3) is 0.207. The third-order valence-electron chi connectivity index (χ3n) is 6.31. The summed E-state index contributed by atoms with van der Waals surface area (Å²) >= 11 is 1.13. The van der Waals surface area contributed by atoms with Crippen LogP contribution in [0.25, 0.3) is 0 Å². The number of methoxy groups -OCH3 is 1. The fourth-order valence-corrected chi connectivity index (χ4v) is 5.11. The van der Waals surface area contributed by atoms with Gasteiger partial charge in [-0.25, -0.2) is 14.3 Å². The van der Waals surface area contributed by atoms with Gasteiger partial charge in [0.15, 0.2) is 5.17 Å². The quantitative estimate of drug-likeness (QED) is 0.407. The number of thioether (sulfide) groups is 1. The molecule has 3 amide bonds. The standard InChI is InChI=1S/C29H26FN5O4S/c1-39-24-9-5-4-8-22(24)32-26(37)17-40-29-34-21-7-3-2-6-20(21)27-33-23(28(38)35(27)29)14-15-25(36)31-16-18-10-12-19(30)13-11-18/h2-13,23H,14-17H2,1H3,(H,31,36)(H,32,37)/t23-/m0/s1. The fourth-order valence-electron chi connectivity index (χ4n) is 4.31. The number of nitrogens with zero attached hydrogens (tertiary/aromatic N) is 3. The van der Waals surface area contributed by atoms with Gasteiger partial charge >= 0.3 is 0 Å². The van der Waals surface area contributed by atoms with Crippen LogP contribution in [0.15, 0.2) is 82.8 Å². The van der Waals surface area contributed by atoms with Crippen molar-refractivity contribution in [2.45, 2.75) is 25.4 Å². The number of hydrogen-bond donors (Lipinski definition) is 2. The molecular weight excluding hydrogens is 533 g/mol. The van der Waals surface area contributed by atoms with Gasteiger partial charge in [0, 0.05) is 18.5 Å².